The summed E-state index contributed by atoms with van der Waals surface area (Å²) in [6.07, 6.45) is 3.48. The molecule has 1 N–H and O–H groups in total. The number of hydrogen-bond acceptors (Lipinski definition) is 3. The Bertz CT molecular complexity index is 605. The van der Waals surface area contributed by atoms with Gasteiger partial charge in [-0.15, -0.1) is 0 Å². The molecule has 0 aliphatic carbocycles. The lowest BCUT2D eigenvalue weighted by Crippen LogP contribution is -2.19. The number of halogens is 2. The van der Waals surface area contributed by atoms with E-state index in [1.54, 1.807) is 12.4 Å². The Balaban J connectivity index is 2.12. The van der Waals surface area contributed by atoms with Gasteiger partial charge in [-0.2, -0.15) is 0 Å². The molecule has 0 amide bonds. The minimum Gasteiger partial charge on any atom is -0.454 e. The summed E-state index contributed by atoms with van der Waals surface area (Å²) in [4.78, 5) is 4.13. The van der Waals surface area contributed by atoms with E-state index in [0.29, 0.717) is 16.7 Å². The first-order chi connectivity index (χ1) is 10.1. The number of pyridine rings is 1. The maximum absolute atomic E-state index is 6.19. The molecule has 0 unspecified atom stereocenters. The summed E-state index contributed by atoms with van der Waals surface area (Å²) in [6, 6.07) is 7.50. The number of aromatic nitrogens is 1. The fraction of sp³-hybridized carbons (Fsp3) is 0.312. The number of hydrogen-bond donors (Lipinski definition) is 1. The van der Waals surface area contributed by atoms with E-state index < -0.39 is 0 Å². The van der Waals surface area contributed by atoms with Crippen LogP contribution in [0, 0.1) is 5.92 Å². The predicted octanol–water partition coefficient (Wildman–Crippen LogP) is 5.04. The van der Waals surface area contributed by atoms with Crippen molar-refractivity contribution in [3.05, 3.63) is 51.7 Å². The molecule has 2 aromatic rings. The number of rotatable bonds is 6. The maximum atomic E-state index is 6.19. The van der Waals surface area contributed by atoms with Crippen LogP contribution in [0.4, 0.5) is 0 Å². The van der Waals surface area contributed by atoms with Gasteiger partial charge in [-0.1, -0.05) is 41.4 Å². The molecular weight excluding hydrogens is 352 g/mol. The van der Waals surface area contributed by atoms with Gasteiger partial charge in [0.1, 0.15) is 11.5 Å². The second kappa shape index (κ2) is 7.78. The highest BCUT2D eigenvalue weighted by molar-refractivity contribution is 9.10. The minimum absolute atomic E-state index is 0.564. The zero-order valence-electron chi connectivity index (χ0n) is 12.1. The molecule has 0 saturated heterocycles. The zero-order valence-corrected chi connectivity index (χ0v) is 14.4. The molecular formula is C16H18BrClN2O. The molecule has 0 aliphatic heterocycles. The molecule has 2 rings (SSSR count). The Kier molecular flexibility index (Phi) is 6.03. The van der Waals surface area contributed by atoms with Gasteiger partial charge in [-0.05, 0) is 36.7 Å². The van der Waals surface area contributed by atoms with Gasteiger partial charge in [0, 0.05) is 22.8 Å². The van der Waals surface area contributed by atoms with Gasteiger partial charge >= 0.3 is 0 Å². The number of nitrogens with zero attached hydrogens (tertiary/aromatic N) is 1. The average molecular weight is 370 g/mol. The van der Waals surface area contributed by atoms with Crippen molar-refractivity contribution in [2.75, 3.05) is 6.54 Å². The third kappa shape index (κ3) is 4.99. The summed E-state index contributed by atoms with van der Waals surface area (Å²) < 4.78 is 6.82. The van der Waals surface area contributed by atoms with Gasteiger partial charge in [-0.3, -0.25) is 4.98 Å². The smallest absolute Gasteiger partial charge is 0.150 e. The van der Waals surface area contributed by atoms with Crippen molar-refractivity contribution in [2.45, 2.75) is 20.4 Å². The molecule has 0 aliphatic rings. The van der Waals surface area contributed by atoms with Crippen LogP contribution >= 0.6 is 27.5 Å². The van der Waals surface area contributed by atoms with Crippen LogP contribution in [0.3, 0.4) is 0 Å². The van der Waals surface area contributed by atoms with Crippen LogP contribution in [0.1, 0.15) is 19.4 Å². The molecule has 3 nitrogen and oxygen atoms in total. The van der Waals surface area contributed by atoms with E-state index in [2.05, 4.69) is 40.1 Å². The maximum Gasteiger partial charge on any atom is 0.150 e. The Morgan fingerprint density at radius 1 is 1.29 bits per heavy atom. The van der Waals surface area contributed by atoms with Gasteiger partial charge < -0.3 is 10.1 Å². The molecule has 1 aromatic heterocycles. The Morgan fingerprint density at radius 2 is 2.10 bits per heavy atom. The standard InChI is InChI=1S/C16H18BrClN2O/c1-11(2)8-20-9-12-5-6-19-10-16(12)21-15-4-3-13(17)7-14(15)18/h3-7,10-11,20H,8-9H2,1-2H3. The quantitative estimate of drug-likeness (QED) is 0.775. The molecule has 1 aromatic carbocycles. The van der Waals surface area contributed by atoms with E-state index in [1.165, 1.54) is 0 Å². The van der Waals surface area contributed by atoms with Crippen molar-refractivity contribution in [2.24, 2.45) is 5.92 Å². The van der Waals surface area contributed by atoms with E-state index in [-0.39, 0.29) is 0 Å². The predicted molar refractivity (Wildman–Crippen MR) is 90.0 cm³/mol. The van der Waals surface area contributed by atoms with Crippen molar-refractivity contribution in [3.63, 3.8) is 0 Å². The van der Waals surface area contributed by atoms with E-state index in [9.17, 15) is 0 Å². The summed E-state index contributed by atoms with van der Waals surface area (Å²) in [6.45, 7) is 6.06. The highest BCUT2D eigenvalue weighted by Gasteiger charge is 2.08. The molecule has 1 heterocycles. The van der Waals surface area contributed by atoms with Crippen LogP contribution in [0.5, 0.6) is 11.5 Å². The zero-order chi connectivity index (χ0) is 15.2. The average Bonchev–Trinajstić information content (AvgIpc) is 2.43. The lowest BCUT2D eigenvalue weighted by atomic mass is 10.2. The molecule has 0 fully saturated rings. The fourth-order valence-electron chi connectivity index (χ4n) is 1.82. The van der Waals surface area contributed by atoms with Crippen molar-refractivity contribution >= 4 is 27.5 Å². The summed E-state index contributed by atoms with van der Waals surface area (Å²) in [5, 5.41) is 3.97. The first-order valence-corrected chi connectivity index (χ1v) is 8.00. The number of benzene rings is 1. The Labute approximate surface area is 138 Å². The van der Waals surface area contributed by atoms with E-state index in [0.717, 1.165) is 28.9 Å². The second-order valence-electron chi connectivity index (χ2n) is 5.18. The highest BCUT2D eigenvalue weighted by atomic mass is 79.9. The molecule has 0 saturated carbocycles. The Morgan fingerprint density at radius 3 is 2.81 bits per heavy atom. The van der Waals surface area contributed by atoms with Crippen LogP contribution in [0.15, 0.2) is 41.1 Å². The molecule has 0 radical (unpaired) electrons. The SMILES string of the molecule is CC(C)CNCc1ccncc1Oc1ccc(Br)cc1Cl. The molecule has 0 spiro atoms. The van der Waals surface area contributed by atoms with Crippen LogP contribution < -0.4 is 10.1 Å². The van der Waals surface area contributed by atoms with Crippen LogP contribution in [0.25, 0.3) is 0 Å². The number of ether oxygens (including phenoxy) is 1. The Hall–Kier alpha value is -1.10. The van der Waals surface area contributed by atoms with E-state index in [1.807, 2.05) is 24.3 Å². The van der Waals surface area contributed by atoms with Crippen molar-refractivity contribution < 1.29 is 4.74 Å². The summed E-state index contributed by atoms with van der Waals surface area (Å²) in [5.41, 5.74) is 1.06. The molecule has 5 heteroatoms. The topological polar surface area (TPSA) is 34.2 Å². The normalized spacial score (nSPS) is 10.9. The van der Waals surface area contributed by atoms with Gasteiger partial charge in [0.25, 0.3) is 0 Å². The highest BCUT2D eigenvalue weighted by Crippen LogP contribution is 2.32. The third-order valence-electron chi connectivity index (χ3n) is 2.85. The summed E-state index contributed by atoms with van der Waals surface area (Å²) in [5.74, 6) is 1.95. The van der Waals surface area contributed by atoms with Crippen molar-refractivity contribution in [1.29, 1.82) is 0 Å². The van der Waals surface area contributed by atoms with Crippen molar-refractivity contribution in [3.8, 4) is 11.5 Å². The van der Waals surface area contributed by atoms with Gasteiger partial charge in [0.05, 0.1) is 11.2 Å². The first kappa shape index (κ1) is 16.3. The second-order valence-corrected chi connectivity index (χ2v) is 6.51. The van der Waals surface area contributed by atoms with Gasteiger partial charge in [0.15, 0.2) is 0 Å². The molecule has 112 valence electrons. The first-order valence-electron chi connectivity index (χ1n) is 6.82. The van der Waals surface area contributed by atoms with E-state index in [4.69, 9.17) is 16.3 Å². The van der Waals surface area contributed by atoms with Crippen LogP contribution in [-0.4, -0.2) is 11.5 Å². The molecule has 0 bridgehead atoms. The van der Waals surface area contributed by atoms with Gasteiger partial charge in [0.2, 0.25) is 0 Å². The fourth-order valence-corrected chi connectivity index (χ4v) is 2.53. The van der Waals surface area contributed by atoms with Crippen molar-refractivity contribution in [1.82, 2.24) is 10.3 Å². The van der Waals surface area contributed by atoms with Crippen LogP contribution in [0.2, 0.25) is 5.02 Å². The lowest BCUT2D eigenvalue weighted by Gasteiger charge is -2.13. The number of nitrogens with one attached hydrogen (secondary N) is 1. The summed E-state index contributed by atoms with van der Waals surface area (Å²) in [7, 11) is 0. The van der Waals surface area contributed by atoms with E-state index >= 15 is 0 Å². The minimum atomic E-state index is 0.564. The third-order valence-corrected chi connectivity index (χ3v) is 3.64. The molecule has 0 atom stereocenters. The largest absolute Gasteiger partial charge is 0.454 e. The summed E-state index contributed by atoms with van der Waals surface area (Å²) >= 11 is 9.57. The molecule has 21 heavy (non-hydrogen) atoms. The lowest BCUT2D eigenvalue weighted by molar-refractivity contribution is 0.467. The van der Waals surface area contributed by atoms with Gasteiger partial charge in [-0.25, -0.2) is 0 Å². The monoisotopic (exact) mass is 368 g/mol. The van der Waals surface area contributed by atoms with Crippen LogP contribution in [-0.2, 0) is 6.54 Å².